The fraction of sp³-hybridized carbons (Fsp3) is 0.0667. The fourth-order valence-electron chi connectivity index (χ4n) is 1.99. The average molecular weight is 344 g/mol. The maximum atomic E-state index is 12.0. The Labute approximate surface area is 140 Å². The van der Waals surface area contributed by atoms with Gasteiger partial charge in [-0.3, -0.25) is 20.2 Å². The largest absolute Gasteiger partial charge is 0.380 e. The Hall–Kier alpha value is -3.82. The summed E-state index contributed by atoms with van der Waals surface area (Å²) in [6.07, 6.45) is 0. The van der Waals surface area contributed by atoms with Gasteiger partial charge in [0.25, 0.3) is 11.4 Å². The SMILES string of the molecule is Cc1c(C(=O)O/N=C(\N)c2ccc([N+](=O)[O-])cc2)cccc1[N+](=O)[O-]. The third-order valence-corrected chi connectivity index (χ3v) is 3.32. The molecule has 0 spiro atoms. The number of nitrogens with two attached hydrogens (primary N) is 1. The standard InChI is InChI=1S/C15H12N4O6/c1-9-12(3-2-4-13(9)19(23)24)15(20)25-17-14(16)10-5-7-11(8-6-10)18(21)22/h2-8H,1H3,(H2,16,17). The molecule has 0 saturated heterocycles. The van der Waals surface area contributed by atoms with Gasteiger partial charge in [0.05, 0.1) is 15.4 Å². The summed E-state index contributed by atoms with van der Waals surface area (Å²) in [4.78, 5) is 37.0. The van der Waals surface area contributed by atoms with E-state index in [1.54, 1.807) is 0 Å². The number of nitro groups is 2. The predicted molar refractivity (Wildman–Crippen MR) is 87.1 cm³/mol. The first kappa shape index (κ1) is 17.5. The Morgan fingerprint density at radius 2 is 1.72 bits per heavy atom. The molecule has 2 rings (SSSR count). The monoisotopic (exact) mass is 344 g/mol. The Bertz CT molecular complexity index is 876. The van der Waals surface area contributed by atoms with Gasteiger partial charge in [0.15, 0.2) is 5.84 Å². The van der Waals surface area contributed by atoms with Crippen LogP contribution in [0.2, 0.25) is 0 Å². The Morgan fingerprint density at radius 3 is 2.28 bits per heavy atom. The normalized spacial score (nSPS) is 11.0. The molecule has 0 aliphatic carbocycles. The van der Waals surface area contributed by atoms with Crippen LogP contribution in [-0.4, -0.2) is 21.7 Å². The summed E-state index contributed by atoms with van der Waals surface area (Å²) in [6, 6.07) is 9.13. The van der Waals surface area contributed by atoms with Crippen molar-refractivity contribution in [1.29, 1.82) is 0 Å². The number of carbonyl (C=O) groups is 1. The first-order valence-electron chi connectivity index (χ1n) is 6.85. The summed E-state index contributed by atoms with van der Waals surface area (Å²) in [5.41, 5.74) is 5.75. The molecule has 0 aliphatic rings. The van der Waals surface area contributed by atoms with Gasteiger partial charge in [-0.25, -0.2) is 4.79 Å². The van der Waals surface area contributed by atoms with Gasteiger partial charge in [-0.1, -0.05) is 11.2 Å². The number of non-ortho nitro benzene ring substituents is 1. The molecule has 128 valence electrons. The van der Waals surface area contributed by atoms with Gasteiger partial charge < -0.3 is 10.6 Å². The Balaban J connectivity index is 2.18. The molecule has 0 radical (unpaired) electrons. The van der Waals surface area contributed by atoms with Crippen LogP contribution in [0.15, 0.2) is 47.6 Å². The lowest BCUT2D eigenvalue weighted by Gasteiger charge is -2.04. The molecule has 2 aromatic rings. The molecule has 0 fully saturated rings. The van der Waals surface area contributed by atoms with Gasteiger partial charge in [-0.05, 0) is 25.1 Å². The van der Waals surface area contributed by atoms with Crippen molar-refractivity contribution in [3.8, 4) is 0 Å². The van der Waals surface area contributed by atoms with Crippen LogP contribution >= 0.6 is 0 Å². The lowest BCUT2D eigenvalue weighted by molar-refractivity contribution is -0.385. The Kier molecular flexibility index (Phi) is 5.03. The number of hydrogen-bond acceptors (Lipinski definition) is 7. The van der Waals surface area contributed by atoms with Gasteiger partial charge in [0.1, 0.15) is 0 Å². The topological polar surface area (TPSA) is 151 Å². The van der Waals surface area contributed by atoms with Crippen LogP contribution in [0.1, 0.15) is 21.5 Å². The van der Waals surface area contributed by atoms with Crippen LogP contribution in [0.5, 0.6) is 0 Å². The maximum Gasteiger partial charge on any atom is 0.366 e. The highest BCUT2D eigenvalue weighted by molar-refractivity contribution is 5.98. The molecule has 0 saturated carbocycles. The van der Waals surface area contributed by atoms with Gasteiger partial charge in [-0.15, -0.1) is 0 Å². The summed E-state index contributed by atoms with van der Waals surface area (Å²) in [7, 11) is 0. The molecule has 10 heteroatoms. The van der Waals surface area contributed by atoms with E-state index in [0.29, 0.717) is 5.56 Å². The third-order valence-electron chi connectivity index (χ3n) is 3.32. The molecule has 2 aromatic carbocycles. The second-order valence-electron chi connectivity index (χ2n) is 4.87. The molecule has 0 unspecified atom stereocenters. The lowest BCUT2D eigenvalue weighted by atomic mass is 10.1. The molecule has 0 heterocycles. The van der Waals surface area contributed by atoms with Crippen molar-refractivity contribution in [1.82, 2.24) is 0 Å². The van der Waals surface area contributed by atoms with E-state index >= 15 is 0 Å². The molecule has 0 atom stereocenters. The van der Waals surface area contributed by atoms with Crippen LogP contribution in [0.25, 0.3) is 0 Å². The van der Waals surface area contributed by atoms with E-state index in [0.717, 1.165) is 0 Å². The van der Waals surface area contributed by atoms with Crippen molar-refractivity contribution in [3.05, 3.63) is 79.4 Å². The Morgan fingerprint density at radius 1 is 1.08 bits per heavy atom. The van der Waals surface area contributed by atoms with Crippen LogP contribution in [-0.2, 0) is 4.84 Å². The molecule has 0 amide bonds. The molecule has 0 aliphatic heterocycles. The van der Waals surface area contributed by atoms with Gasteiger partial charge in [0.2, 0.25) is 0 Å². The van der Waals surface area contributed by atoms with Crippen molar-refractivity contribution in [2.24, 2.45) is 10.9 Å². The number of carbonyl (C=O) groups excluding carboxylic acids is 1. The number of oxime groups is 1. The molecule has 2 N–H and O–H groups in total. The highest BCUT2D eigenvalue weighted by Crippen LogP contribution is 2.21. The quantitative estimate of drug-likeness (QED) is 0.287. The highest BCUT2D eigenvalue weighted by atomic mass is 16.7. The van der Waals surface area contributed by atoms with Gasteiger partial charge in [-0.2, -0.15) is 0 Å². The number of hydrogen-bond donors (Lipinski definition) is 1. The smallest absolute Gasteiger partial charge is 0.366 e. The third kappa shape index (κ3) is 3.93. The number of nitro benzene ring substituents is 2. The van der Waals surface area contributed by atoms with Crippen LogP contribution < -0.4 is 5.73 Å². The first-order chi connectivity index (χ1) is 11.8. The minimum absolute atomic E-state index is 0.0190. The highest BCUT2D eigenvalue weighted by Gasteiger charge is 2.19. The van der Waals surface area contributed by atoms with Crippen LogP contribution in [0.4, 0.5) is 11.4 Å². The lowest BCUT2D eigenvalue weighted by Crippen LogP contribution is -2.15. The van der Waals surface area contributed by atoms with E-state index in [-0.39, 0.29) is 28.3 Å². The molecule has 0 aromatic heterocycles. The van der Waals surface area contributed by atoms with Crippen molar-refractivity contribution in [3.63, 3.8) is 0 Å². The number of nitrogens with zero attached hydrogens (tertiary/aromatic N) is 3. The van der Waals surface area contributed by atoms with Crippen molar-refractivity contribution >= 4 is 23.2 Å². The van der Waals surface area contributed by atoms with Crippen LogP contribution in [0, 0.1) is 27.2 Å². The molecular weight excluding hydrogens is 332 g/mol. The maximum absolute atomic E-state index is 12.0. The molecule has 0 bridgehead atoms. The zero-order chi connectivity index (χ0) is 18.6. The zero-order valence-corrected chi connectivity index (χ0v) is 12.9. The van der Waals surface area contributed by atoms with Crippen molar-refractivity contribution in [2.75, 3.05) is 0 Å². The van der Waals surface area contributed by atoms with Crippen LogP contribution in [0.3, 0.4) is 0 Å². The van der Waals surface area contributed by atoms with E-state index < -0.39 is 15.8 Å². The van der Waals surface area contributed by atoms with E-state index in [1.165, 1.54) is 49.4 Å². The summed E-state index contributed by atoms with van der Waals surface area (Å²) in [5, 5.41) is 24.9. The summed E-state index contributed by atoms with van der Waals surface area (Å²) < 4.78 is 0. The van der Waals surface area contributed by atoms with Crippen molar-refractivity contribution < 1.29 is 19.5 Å². The molecule has 25 heavy (non-hydrogen) atoms. The fourth-order valence-corrected chi connectivity index (χ4v) is 1.99. The first-order valence-corrected chi connectivity index (χ1v) is 6.85. The second-order valence-corrected chi connectivity index (χ2v) is 4.87. The number of rotatable bonds is 5. The number of amidine groups is 1. The summed E-state index contributed by atoms with van der Waals surface area (Å²) >= 11 is 0. The second kappa shape index (κ2) is 7.17. The average Bonchev–Trinajstić information content (AvgIpc) is 2.59. The van der Waals surface area contributed by atoms with E-state index in [2.05, 4.69) is 5.16 Å². The predicted octanol–water partition coefficient (Wildman–Crippen LogP) is 2.29. The minimum atomic E-state index is -0.911. The summed E-state index contributed by atoms with van der Waals surface area (Å²) in [6.45, 7) is 1.41. The van der Waals surface area contributed by atoms with Crippen molar-refractivity contribution in [2.45, 2.75) is 6.92 Å². The summed E-state index contributed by atoms with van der Waals surface area (Å²) in [5.74, 6) is -1.09. The zero-order valence-electron chi connectivity index (χ0n) is 12.9. The van der Waals surface area contributed by atoms with E-state index in [9.17, 15) is 25.0 Å². The molecule has 10 nitrogen and oxygen atoms in total. The van der Waals surface area contributed by atoms with E-state index in [1.807, 2.05) is 0 Å². The van der Waals surface area contributed by atoms with Gasteiger partial charge >= 0.3 is 5.97 Å². The van der Waals surface area contributed by atoms with Gasteiger partial charge in [0, 0.05) is 29.3 Å². The number of benzene rings is 2. The minimum Gasteiger partial charge on any atom is -0.380 e. The molecular formula is C15H12N4O6. The van der Waals surface area contributed by atoms with E-state index in [4.69, 9.17) is 10.6 Å².